The summed E-state index contributed by atoms with van der Waals surface area (Å²) in [6, 6.07) is 15.0. The number of aryl methyl sites for hydroxylation is 1. The highest BCUT2D eigenvalue weighted by molar-refractivity contribution is 6.03. The second-order valence-corrected chi connectivity index (χ2v) is 6.29. The van der Waals surface area contributed by atoms with E-state index in [4.69, 9.17) is 4.42 Å². The van der Waals surface area contributed by atoms with Crippen LogP contribution in [-0.4, -0.2) is 15.9 Å². The van der Waals surface area contributed by atoms with E-state index in [1.54, 1.807) is 36.4 Å². The maximum absolute atomic E-state index is 12.4. The van der Waals surface area contributed by atoms with E-state index in [0.29, 0.717) is 27.9 Å². The summed E-state index contributed by atoms with van der Waals surface area (Å²) >= 11 is 0. The third kappa shape index (κ3) is 3.45. The summed E-state index contributed by atoms with van der Waals surface area (Å²) in [5.41, 5.74) is 1.89. The standard InChI is InChI=1S/C21H15N3O4/c1-12-2-7-17-15(10-12)16(25)11-18(28-17)13-3-5-14(6-4-13)20(26)23-19-8-9-22-21(27)24-19/h2-11H,1H3,(H2,22,23,24,26,27). The molecule has 0 radical (unpaired) electrons. The van der Waals surface area contributed by atoms with E-state index in [1.165, 1.54) is 18.3 Å². The van der Waals surface area contributed by atoms with Crippen molar-refractivity contribution in [3.8, 4) is 11.3 Å². The van der Waals surface area contributed by atoms with Crippen LogP contribution >= 0.6 is 0 Å². The lowest BCUT2D eigenvalue weighted by atomic mass is 10.1. The second-order valence-electron chi connectivity index (χ2n) is 6.29. The summed E-state index contributed by atoms with van der Waals surface area (Å²) in [5, 5.41) is 3.12. The van der Waals surface area contributed by atoms with Crippen molar-refractivity contribution in [3.05, 3.63) is 92.6 Å². The lowest BCUT2D eigenvalue weighted by Crippen LogP contribution is -2.17. The van der Waals surface area contributed by atoms with Crippen molar-refractivity contribution in [2.75, 3.05) is 5.32 Å². The van der Waals surface area contributed by atoms with Crippen LogP contribution in [0, 0.1) is 6.92 Å². The number of fused-ring (bicyclic) bond motifs is 1. The number of aromatic nitrogens is 2. The number of amides is 1. The van der Waals surface area contributed by atoms with E-state index in [2.05, 4.69) is 15.3 Å². The molecule has 7 heteroatoms. The Hall–Kier alpha value is -4.00. The third-order valence-corrected chi connectivity index (χ3v) is 4.24. The van der Waals surface area contributed by atoms with Crippen LogP contribution < -0.4 is 16.4 Å². The van der Waals surface area contributed by atoms with Crippen molar-refractivity contribution in [3.63, 3.8) is 0 Å². The molecule has 138 valence electrons. The number of hydrogen-bond acceptors (Lipinski definition) is 5. The molecule has 2 aromatic carbocycles. The topological polar surface area (TPSA) is 105 Å². The molecule has 0 spiro atoms. The fraction of sp³-hybridized carbons (Fsp3) is 0.0476. The molecule has 4 aromatic rings. The Kier molecular flexibility index (Phi) is 4.33. The van der Waals surface area contributed by atoms with E-state index >= 15 is 0 Å². The molecule has 28 heavy (non-hydrogen) atoms. The van der Waals surface area contributed by atoms with Gasteiger partial charge in [0.2, 0.25) is 0 Å². The Bertz CT molecular complexity index is 1300. The minimum atomic E-state index is -0.547. The normalized spacial score (nSPS) is 10.8. The minimum absolute atomic E-state index is 0.122. The van der Waals surface area contributed by atoms with Crippen LogP contribution in [0.1, 0.15) is 15.9 Å². The zero-order valence-corrected chi connectivity index (χ0v) is 14.9. The van der Waals surface area contributed by atoms with Gasteiger partial charge in [0.05, 0.1) is 5.39 Å². The maximum Gasteiger partial charge on any atom is 0.346 e. The van der Waals surface area contributed by atoms with Crippen LogP contribution in [0.15, 0.2) is 74.8 Å². The lowest BCUT2D eigenvalue weighted by molar-refractivity contribution is 0.102. The van der Waals surface area contributed by atoms with Gasteiger partial charge >= 0.3 is 5.69 Å². The van der Waals surface area contributed by atoms with E-state index in [0.717, 1.165) is 5.56 Å². The zero-order valence-electron chi connectivity index (χ0n) is 14.9. The van der Waals surface area contributed by atoms with E-state index in [9.17, 15) is 14.4 Å². The monoisotopic (exact) mass is 373 g/mol. The number of hydrogen-bond donors (Lipinski definition) is 2. The number of carbonyl (C=O) groups excluding carboxylic acids is 1. The number of H-pyrrole nitrogens is 1. The lowest BCUT2D eigenvalue weighted by Gasteiger charge is -2.07. The Balaban J connectivity index is 1.62. The first-order valence-corrected chi connectivity index (χ1v) is 8.51. The minimum Gasteiger partial charge on any atom is -0.456 e. The summed E-state index contributed by atoms with van der Waals surface area (Å²) in [6.45, 7) is 1.91. The molecule has 1 amide bonds. The fourth-order valence-corrected chi connectivity index (χ4v) is 2.83. The van der Waals surface area contributed by atoms with Gasteiger partial charge in [0, 0.05) is 23.4 Å². The summed E-state index contributed by atoms with van der Waals surface area (Å²) in [5.74, 6) is 0.292. The van der Waals surface area contributed by atoms with E-state index < -0.39 is 5.69 Å². The van der Waals surface area contributed by atoms with Crippen LogP contribution in [-0.2, 0) is 0 Å². The van der Waals surface area contributed by atoms with Gasteiger partial charge in [0.15, 0.2) is 5.43 Å². The van der Waals surface area contributed by atoms with E-state index in [-0.39, 0.29) is 17.2 Å². The van der Waals surface area contributed by atoms with Gasteiger partial charge in [-0.15, -0.1) is 0 Å². The van der Waals surface area contributed by atoms with Crippen molar-refractivity contribution in [1.29, 1.82) is 0 Å². The molecule has 2 aromatic heterocycles. The highest BCUT2D eigenvalue weighted by Gasteiger charge is 2.10. The Morgan fingerprint density at radius 2 is 1.82 bits per heavy atom. The van der Waals surface area contributed by atoms with Gasteiger partial charge in [0.1, 0.15) is 17.2 Å². The van der Waals surface area contributed by atoms with Crippen molar-refractivity contribution in [2.24, 2.45) is 0 Å². The molecule has 0 fully saturated rings. The first kappa shape index (κ1) is 17.4. The van der Waals surface area contributed by atoms with Crippen LogP contribution in [0.3, 0.4) is 0 Å². The van der Waals surface area contributed by atoms with Crippen LogP contribution in [0.25, 0.3) is 22.3 Å². The number of aromatic amines is 1. The molecule has 0 unspecified atom stereocenters. The van der Waals surface area contributed by atoms with Crippen LogP contribution in [0.4, 0.5) is 5.82 Å². The molecular weight excluding hydrogens is 358 g/mol. The van der Waals surface area contributed by atoms with Gasteiger partial charge in [-0.2, -0.15) is 0 Å². The predicted molar refractivity (Wildman–Crippen MR) is 105 cm³/mol. The average molecular weight is 373 g/mol. The number of rotatable bonds is 3. The molecule has 0 saturated heterocycles. The molecule has 2 heterocycles. The van der Waals surface area contributed by atoms with Gasteiger partial charge in [-0.3, -0.25) is 14.6 Å². The molecule has 0 aliphatic carbocycles. The predicted octanol–water partition coefficient (Wildman–Crippen LogP) is 3.10. The van der Waals surface area contributed by atoms with Crippen molar-refractivity contribution < 1.29 is 9.21 Å². The van der Waals surface area contributed by atoms with Gasteiger partial charge in [0.25, 0.3) is 5.91 Å². The number of nitrogens with zero attached hydrogens (tertiary/aromatic N) is 1. The SMILES string of the molecule is Cc1ccc2oc(-c3ccc(C(=O)Nc4ccnc(=O)[nH]4)cc3)cc(=O)c2c1. The highest BCUT2D eigenvalue weighted by Crippen LogP contribution is 2.23. The molecule has 0 bridgehead atoms. The van der Waals surface area contributed by atoms with Crippen LogP contribution in [0.5, 0.6) is 0 Å². The zero-order chi connectivity index (χ0) is 19.7. The number of benzene rings is 2. The first-order valence-electron chi connectivity index (χ1n) is 8.51. The number of carbonyl (C=O) groups is 1. The third-order valence-electron chi connectivity index (χ3n) is 4.24. The highest BCUT2D eigenvalue weighted by atomic mass is 16.3. The Morgan fingerprint density at radius 1 is 1.04 bits per heavy atom. The van der Waals surface area contributed by atoms with E-state index in [1.807, 2.05) is 13.0 Å². The molecule has 0 aliphatic heterocycles. The largest absolute Gasteiger partial charge is 0.456 e. The fourth-order valence-electron chi connectivity index (χ4n) is 2.83. The van der Waals surface area contributed by atoms with Gasteiger partial charge in [-0.1, -0.05) is 23.8 Å². The number of anilines is 1. The molecule has 0 saturated carbocycles. The van der Waals surface area contributed by atoms with Crippen molar-refractivity contribution >= 4 is 22.7 Å². The molecule has 4 rings (SSSR count). The molecule has 2 N–H and O–H groups in total. The molecular formula is C21H15N3O4. The first-order chi connectivity index (χ1) is 13.5. The quantitative estimate of drug-likeness (QED) is 0.574. The average Bonchev–Trinajstić information content (AvgIpc) is 2.68. The summed E-state index contributed by atoms with van der Waals surface area (Å²) in [6.07, 6.45) is 1.31. The summed E-state index contributed by atoms with van der Waals surface area (Å²) in [4.78, 5) is 41.8. The summed E-state index contributed by atoms with van der Waals surface area (Å²) < 4.78 is 5.85. The molecule has 0 atom stereocenters. The Morgan fingerprint density at radius 3 is 2.57 bits per heavy atom. The van der Waals surface area contributed by atoms with Gasteiger partial charge in [-0.25, -0.2) is 9.78 Å². The van der Waals surface area contributed by atoms with Gasteiger partial charge < -0.3 is 9.73 Å². The molecule has 0 aliphatic rings. The maximum atomic E-state index is 12.4. The van der Waals surface area contributed by atoms with Crippen molar-refractivity contribution in [1.82, 2.24) is 9.97 Å². The second kappa shape index (κ2) is 6.96. The van der Waals surface area contributed by atoms with Crippen LogP contribution in [0.2, 0.25) is 0 Å². The Labute approximate surface area is 158 Å². The van der Waals surface area contributed by atoms with Gasteiger partial charge in [-0.05, 0) is 37.3 Å². The van der Waals surface area contributed by atoms with Crippen molar-refractivity contribution in [2.45, 2.75) is 6.92 Å². The smallest absolute Gasteiger partial charge is 0.346 e. The summed E-state index contributed by atoms with van der Waals surface area (Å²) in [7, 11) is 0. The number of nitrogens with one attached hydrogen (secondary N) is 2. The molecule has 7 nitrogen and oxygen atoms in total.